The highest BCUT2D eigenvalue weighted by atomic mass is 32.2. The molecule has 7 rings (SSSR count). The van der Waals surface area contributed by atoms with Crippen molar-refractivity contribution in [1.82, 2.24) is 10.2 Å². The Balaban J connectivity index is 0.000000227. The summed E-state index contributed by atoms with van der Waals surface area (Å²) in [6.07, 6.45) is -3.72. The first-order valence-electron chi connectivity index (χ1n) is 15.8. The van der Waals surface area contributed by atoms with Crippen LogP contribution in [-0.2, 0) is 45.5 Å². The number of nitrogens with zero attached hydrogens (tertiary/aromatic N) is 1. The summed E-state index contributed by atoms with van der Waals surface area (Å²) in [4.78, 5) is 14.6. The molecule has 3 aromatic rings. The molecule has 4 heterocycles. The van der Waals surface area contributed by atoms with E-state index in [-0.39, 0.29) is 29.3 Å². The number of benzene rings is 3. The Kier molecular flexibility index (Phi) is 9.66. The fourth-order valence-corrected chi connectivity index (χ4v) is 7.06. The quantitative estimate of drug-likeness (QED) is 0.350. The average Bonchev–Trinajstić information content (AvgIpc) is 3.86. The Morgan fingerprint density at radius 3 is 2.06 bits per heavy atom. The number of hydrogen-bond donors (Lipinski definition) is 1. The van der Waals surface area contributed by atoms with Crippen LogP contribution >= 0.6 is 0 Å². The number of fused-ring (bicyclic) bond motifs is 2. The largest absolute Gasteiger partial charge is 0.480 e. The third-order valence-electron chi connectivity index (χ3n) is 9.28. The Morgan fingerprint density at radius 2 is 1.47 bits per heavy atom. The number of nitrogens with one attached hydrogen (secondary N) is 1. The van der Waals surface area contributed by atoms with Gasteiger partial charge in [0.25, 0.3) is 5.91 Å². The lowest BCUT2D eigenvalue weighted by molar-refractivity contribution is -0.189. The predicted molar refractivity (Wildman–Crippen MR) is 169 cm³/mol. The minimum absolute atomic E-state index is 0.168. The van der Waals surface area contributed by atoms with Crippen LogP contribution in [0.3, 0.4) is 0 Å². The maximum atomic E-state index is 13.3. The van der Waals surface area contributed by atoms with Gasteiger partial charge in [-0.05, 0) is 71.3 Å². The second-order valence-electron chi connectivity index (χ2n) is 12.7. The molecule has 0 aliphatic carbocycles. The van der Waals surface area contributed by atoms with Crippen molar-refractivity contribution in [1.29, 1.82) is 0 Å². The number of rotatable bonds is 6. The average molecular weight is 673 g/mol. The van der Waals surface area contributed by atoms with E-state index < -0.39 is 28.0 Å². The smallest absolute Gasteiger partial charge is 0.425 e. The minimum atomic E-state index is -4.64. The maximum absolute atomic E-state index is 13.3. The molecule has 1 N–H and O–H groups in total. The molecule has 252 valence electrons. The van der Waals surface area contributed by atoms with Gasteiger partial charge in [-0.3, -0.25) is 4.79 Å². The molecule has 0 saturated carbocycles. The summed E-state index contributed by atoms with van der Waals surface area (Å²) in [5.74, 6) is 0.0417. The molecule has 4 aliphatic heterocycles. The zero-order valence-corrected chi connectivity index (χ0v) is 27.3. The van der Waals surface area contributed by atoms with Gasteiger partial charge in [-0.25, -0.2) is 8.42 Å². The van der Waals surface area contributed by atoms with Crippen molar-refractivity contribution in [2.45, 2.75) is 75.0 Å². The predicted octanol–water partition coefficient (Wildman–Crippen LogP) is 5.87. The van der Waals surface area contributed by atoms with E-state index >= 15 is 0 Å². The molecule has 2 fully saturated rings. The van der Waals surface area contributed by atoms with Crippen LogP contribution in [0.5, 0.6) is 5.75 Å². The van der Waals surface area contributed by atoms with Gasteiger partial charge in [0.1, 0.15) is 5.75 Å². The molecule has 8 nitrogen and oxygen atoms in total. The molecule has 3 aromatic carbocycles. The second-order valence-corrected chi connectivity index (χ2v) is 14.7. The lowest BCUT2D eigenvalue weighted by Crippen LogP contribution is -2.32. The Bertz CT molecular complexity index is 1730. The number of ether oxygens (including phenoxy) is 3. The Labute approximate surface area is 273 Å². The molecular weight excluding hydrogens is 633 g/mol. The highest BCUT2D eigenvalue weighted by Crippen LogP contribution is 2.34. The van der Waals surface area contributed by atoms with Crippen LogP contribution in [0.15, 0.2) is 59.5 Å². The molecule has 3 atom stereocenters. The number of amides is 1. The summed E-state index contributed by atoms with van der Waals surface area (Å²) in [6.45, 7) is 6.65. The number of carbonyl (C=O) groups excluding carboxylic acids is 1. The Morgan fingerprint density at radius 1 is 0.872 bits per heavy atom. The number of halogens is 3. The van der Waals surface area contributed by atoms with Gasteiger partial charge in [-0.15, -0.1) is 0 Å². The van der Waals surface area contributed by atoms with Crippen molar-refractivity contribution >= 4 is 15.7 Å². The summed E-state index contributed by atoms with van der Waals surface area (Å²) in [7, 11) is -3.69. The molecular formula is C35H39F3N2O6S. The van der Waals surface area contributed by atoms with Gasteiger partial charge in [0.2, 0.25) is 0 Å². The maximum Gasteiger partial charge on any atom is 0.425 e. The number of alkyl halides is 3. The standard InChI is InChI=1S/C23H24F3NO5S.C12H15NO/c1-14(23(24,25)26)32-21-6-5-19(33(2,29)30)10-20(21)22(28)27-11-16-4-3-15(9-18(16)12-27)17-7-8-31-13-17;1-2-10-6-13-7-12(10)5-9(1)11-3-4-14-8-11/h3-6,9-10,14,17H,7-8,11-13H2,1-2H3;1-2,5,11,13H,3-4,6-8H2/t14-,17?;/m0./s1. The highest BCUT2D eigenvalue weighted by Gasteiger charge is 2.39. The van der Waals surface area contributed by atoms with Gasteiger partial charge >= 0.3 is 6.18 Å². The van der Waals surface area contributed by atoms with Crippen molar-refractivity contribution in [2.75, 3.05) is 32.7 Å². The zero-order valence-electron chi connectivity index (χ0n) is 26.4. The van der Waals surface area contributed by atoms with E-state index in [1.807, 2.05) is 18.2 Å². The first-order valence-corrected chi connectivity index (χ1v) is 17.7. The molecule has 47 heavy (non-hydrogen) atoms. The van der Waals surface area contributed by atoms with Crippen LogP contribution in [0.1, 0.15) is 75.3 Å². The first-order chi connectivity index (χ1) is 22.4. The lowest BCUT2D eigenvalue weighted by Gasteiger charge is -2.22. The van der Waals surface area contributed by atoms with E-state index in [1.54, 1.807) is 0 Å². The summed E-state index contributed by atoms with van der Waals surface area (Å²) >= 11 is 0. The first kappa shape index (κ1) is 33.5. The molecule has 12 heteroatoms. The van der Waals surface area contributed by atoms with Gasteiger partial charge in [-0.1, -0.05) is 36.4 Å². The summed E-state index contributed by atoms with van der Waals surface area (Å²) in [6, 6.07) is 16.2. The van der Waals surface area contributed by atoms with E-state index in [1.165, 1.54) is 28.0 Å². The van der Waals surface area contributed by atoms with Crippen LogP contribution in [0.4, 0.5) is 13.2 Å². The van der Waals surface area contributed by atoms with Gasteiger partial charge in [-0.2, -0.15) is 13.2 Å². The minimum Gasteiger partial charge on any atom is -0.480 e. The fraction of sp³-hybridized carbons (Fsp3) is 0.457. The van der Waals surface area contributed by atoms with Crippen molar-refractivity contribution in [2.24, 2.45) is 0 Å². The topological polar surface area (TPSA) is 94.2 Å². The van der Waals surface area contributed by atoms with Crippen LogP contribution in [0.2, 0.25) is 0 Å². The van der Waals surface area contributed by atoms with Crippen LogP contribution in [0, 0.1) is 0 Å². The monoisotopic (exact) mass is 672 g/mol. The molecule has 1 amide bonds. The third-order valence-corrected chi connectivity index (χ3v) is 10.4. The normalized spacial score (nSPS) is 21.2. The summed E-state index contributed by atoms with van der Waals surface area (Å²) in [5, 5.41) is 3.37. The van der Waals surface area contributed by atoms with Gasteiger partial charge in [0, 0.05) is 57.5 Å². The molecule has 0 radical (unpaired) electrons. The number of hydrogen-bond acceptors (Lipinski definition) is 7. The molecule has 4 aliphatic rings. The van der Waals surface area contributed by atoms with Gasteiger partial charge < -0.3 is 24.4 Å². The second kappa shape index (κ2) is 13.6. The van der Waals surface area contributed by atoms with E-state index in [4.69, 9.17) is 14.2 Å². The summed E-state index contributed by atoms with van der Waals surface area (Å²) < 4.78 is 79.1. The van der Waals surface area contributed by atoms with E-state index in [0.29, 0.717) is 25.0 Å². The lowest BCUT2D eigenvalue weighted by atomic mass is 9.95. The van der Waals surface area contributed by atoms with Crippen LogP contribution in [0.25, 0.3) is 0 Å². The van der Waals surface area contributed by atoms with E-state index in [0.717, 1.165) is 80.8 Å². The number of sulfone groups is 1. The van der Waals surface area contributed by atoms with E-state index in [2.05, 4.69) is 23.5 Å². The van der Waals surface area contributed by atoms with Gasteiger partial charge in [0.05, 0.1) is 23.7 Å². The van der Waals surface area contributed by atoms with Crippen molar-refractivity contribution in [3.8, 4) is 5.75 Å². The molecule has 2 unspecified atom stereocenters. The van der Waals surface area contributed by atoms with Gasteiger partial charge in [0.15, 0.2) is 15.9 Å². The van der Waals surface area contributed by atoms with Crippen LogP contribution < -0.4 is 10.1 Å². The van der Waals surface area contributed by atoms with Crippen LogP contribution in [-0.4, -0.2) is 64.2 Å². The van der Waals surface area contributed by atoms with Crippen molar-refractivity contribution in [3.05, 3.63) is 93.5 Å². The number of carbonyl (C=O) groups is 1. The van der Waals surface area contributed by atoms with E-state index in [9.17, 15) is 26.4 Å². The molecule has 2 saturated heterocycles. The zero-order chi connectivity index (χ0) is 33.3. The highest BCUT2D eigenvalue weighted by molar-refractivity contribution is 7.90. The molecule has 0 bridgehead atoms. The Hall–Kier alpha value is -3.45. The third kappa shape index (κ3) is 7.66. The summed E-state index contributed by atoms with van der Waals surface area (Å²) in [5.41, 5.74) is 7.22. The molecule has 0 aromatic heterocycles. The fourth-order valence-electron chi connectivity index (χ4n) is 6.41. The SMILES string of the molecule is C[C@H](Oc1ccc(S(C)(=O)=O)cc1C(=O)N1Cc2ccc(C3CCOC3)cc2C1)C(F)(F)F.c1cc2c(cc1C1CCOC1)CNC2. The molecule has 0 spiro atoms. The van der Waals surface area contributed by atoms with Crippen molar-refractivity contribution in [3.63, 3.8) is 0 Å². The van der Waals surface area contributed by atoms with Crippen molar-refractivity contribution < 1.29 is 40.6 Å².